The molecule has 1 aromatic rings. The van der Waals surface area contributed by atoms with Gasteiger partial charge in [0.15, 0.2) is 11.9 Å². The molecule has 0 bridgehead atoms. The predicted octanol–water partition coefficient (Wildman–Crippen LogP) is -1.37. The zero-order valence-electron chi connectivity index (χ0n) is 43.1. The highest BCUT2D eigenvalue weighted by Crippen LogP contribution is 2.19. The number of carboxylic acids is 2. The Hall–Kier alpha value is -7.83. The maximum Gasteiger partial charge on any atom is 0.327 e. The lowest BCUT2D eigenvalue weighted by Gasteiger charge is -2.28. The van der Waals surface area contributed by atoms with Gasteiger partial charge in [0, 0.05) is 39.6 Å². The van der Waals surface area contributed by atoms with Gasteiger partial charge in [0.2, 0.25) is 35.4 Å². The van der Waals surface area contributed by atoms with Gasteiger partial charge in [-0.15, -0.1) is 0 Å². The van der Waals surface area contributed by atoms with Gasteiger partial charge in [0.1, 0.15) is 35.9 Å². The van der Waals surface area contributed by atoms with E-state index in [1.54, 1.807) is 20.1 Å². The molecule has 1 saturated heterocycles. The van der Waals surface area contributed by atoms with Crippen LogP contribution in [0.3, 0.4) is 0 Å². The van der Waals surface area contributed by atoms with Crippen molar-refractivity contribution >= 4 is 65.2 Å². The molecule has 10 unspecified atom stereocenters. The second-order valence-electron chi connectivity index (χ2n) is 18.1. The summed E-state index contributed by atoms with van der Waals surface area (Å²) in [5.74, 6) is -13.1. The van der Waals surface area contributed by atoms with Crippen LogP contribution in [0.4, 0.5) is 0 Å². The molecule has 7 amide bonds. The van der Waals surface area contributed by atoms with Crippen LogP contribution in [-0.2, 0) is 54.3 Å². The summed E-state index contributed by atoms with van der Waals surface area (Å²) in [6, 6.07) is 0.633. The number of likely N-dealkylation sites (N-methyl/N-ethyl adjacent to an activating group) is 1. The fraction of sp³-hybridized carbons (Fsp3) is 0.531. The molecule has 2 rings (SSSR count). The molecule has 0 radical (unpaired) electrons. The standard InChI is InChI=1S/C49H75N13O12/c1-26(24-27(2)37(74-8)25-32-14-10-9-11-15-32)18-19-33-28(3)40(64)60-36(46(70)71)20-21-38(63)62(7)31(6)43(67)56-30(5)42(66)59-35(17-13-23-55-49(52)53)45(69)61-39(47(72)73)29(4)41(65)58-34(44(68)57-33)16-12-22-54-48(50)51/h9-11,14-15,18-19,24,27-30,33-37,39H,6,12-13,16-17,20-23,25H2,1-5,7-8H3,(H,56,67)(H,57,68)(H,58,65)(H,59,66)(H,60,64)(H,61,69)(H,70,71)(H,72,73)(H4,50,51,54)(H4,52,53,55). The molecule has 0 aliphatic carbocycles. The molecule has 74 heavy (non-hydrogen) atoms. The summed E-state index contributed by atoms with van der Waals surface area (Å²) < 4.78 is 5.81. The third kappa shape index (κ3) is 21.1. The summed E-state index contributed by atoms with van der Waals surface area (Å²) in [6.07, 6.45) is 4.40. The van der Waals surface area contributed by atoms with Crippen LogP contribution in [-0.4, -0.2) is 150 Å². The molecule has 1 aliphatic rings. The van der Waals surface area contributed by atoms with Gasteiger partial charge < -0.3 is 74.7 Å². The Morgan fingerprint density at radius 2 is 1.32 bits per heavy atom. The maximum absolute atomic E-state index is 14.4. The molecular formula is C49H75N13O12. The zero-order valence-corrected chi connectivity index (χ0v) is 43.1. The van der Waals surface area contributed by atoms with Crippen molar-refractivity contribution in [1.29, 1.82) is 0 Å². The SMILES string of the molecule is C=C1C(=O)NC(C)C(=O)NC(CCCN=C(N)N)C(=O)NC(C(=O)O)C(C)C(=O)NC(CCCN=C(N)N)C(=O)NC(C=CC(C)=CC(C)C(Cc2ccccc2)OC)C(C)C(=O)NC(C(=O)O)CCC(=O)N1C. The fourth-order valence-corrected chi connectivity index (χ4v) is 7.53. The van der Waals surface area contributed by atoms with Crippen LogP contribution in [0.25, 0.3) is 0 Å². The number of ether oxygens (including phenoxy) is 1. The molecule has 0 spiro atoms. The molecule has 0 aromatic heterocycles. The number of guanidine groups is 2. The van der Waals surface area contributed by atoms with E-state index in [1.165, 1.54) is 33.9 Å². The minimum atomic E-state index is -1.95. The summed E-state index contributed by atoms with van der Waals surface area (Å²) >= 11 is 0. The Kier molecular flexibility index (Phi) is 26.0. The number of carbonyl (C=O) groups excluding carboxylic acids is 7. The van der Waals surface area contributed by atoms with Crippen LogP contribution in [0.1, 0.15) is 78.7 Å². The second kappa shape index (κ2) is 30.9. The number of carbonyl (C=O) groups is 9. The van der Waals surface area contributed by atoms with Crippen molar-refractivity contribution in [3.63, 3.8) is 0 Å². The van der Waals surface area contributed by atoms with E-state index >= 15 is 0 Å². The number of benzene rings is 1. The number of methoxy groups -OCH3 is 1. The largest absolute Gasteiger partial charge is 0.480 e. The lowest BCUT2D eigenvalue weighted by atomic mass is 9.94. The van der Waals surface area contributed by atoms with Gasteiger partial charge in [-0.25, -0.2) is 9.59 Å². The van der Waals surface area contributed by atoms with Crippen LogP contribution in [0, 0.1) is 17.8 Å². The van der Waals surface area contributed by atoms with E-state index in [4.69, 9.17) is 27.7 Å². The number of nitrogens with one attached hydrogen (secondary N) is 6. The second-order valence-corrected chi connectivity index (χ2v) is 18.1. The summed E-state index contributed by atoms with van der Waals surface area (Å²) in [5, 5.41) is 35.4. The number of amides is 7. The maximum atomic E-state index is 14.4. The number of allylic oxidation sites excluding steroid dienone is 2. The third-order valence-corrected chi connectivity index (χ3v) is 12.2. The highest BCUT2D eigenvalue weighted by molar-refractivity contribution is 6.00. The van der Waals surface area contributed by atoms with Crippen molar-refractivity contribution in [2.45, 2.75) is 122 Å². The Morgan fingerprint density at radius 3 is 1.85 bits per heavy atom. The van der Waals surface area contributed by atoms with Gasteiger partial charge in [-0.3, -0.25) is 43.5 Å². The molecular weight excluding hydrogens is 963 g/mol. The van der Waals surface area contributed by atoms with E-state index in [0.717, 1.165) is 10.5 Å². The Morgan fingerprint density at radius 1 is 0.784 bits per heavy atom. The van der Waals surface area contributed by atoms with Gasteiger partial charge in [-0.2, -0.15) is 0 Å². The number of nitrogens with zero attached hydrogens (tertiary/aromatic N) is 3. The van der Waals surface area contributed by atoms with Crippen molar-refractivity contribution in [2.75, 3.05) is 27.2 Å². The normalized spacial score (nSPS) is 24.6. The molecule has 25 heteroatoms. The highest BCUT2D eigenvalue weighted by Gasteiger charge is 2.37. The van der Waals surface area contributed by atoms with E-state index in [2.05, 4.69) is 48.5 Å². The number of hydrogen-bond donors (Lipinski definition) is 12. The first kappa shape index (κ1) is 62.3. The summed E-state index contributed by atoms with van der Waals surface area (Å²) in [7, 11) is 2.80. The highest BCUT2D eigenvalue weighted by atomic mass is 16.5. The molecule has 16 N–H and O–H groups in total. The first-order chi connectivity index (χ1) is 34.8. The minimum absolute atomic E-state index is 0.00394. The van der Waals surface area contributed by atoms with Crippen LogP contribution >= 0.6 is 0 Å². The average Bonchev–Trinajstić information content (AvgIpc) is 3.34. The summed E-state index contributed by atoms with van der Waals surface area (Å²) in [4.78, 5) is 130. The van der Waals surface area contributed by atoms with E-state index < -0.39 is 120 Å². The molecule has 1 aromatic carbocycles. The predicted molar refractivity (Wildman–Crippen MR) is 275 cm³/mol. The zero-order chi connectivity index (χ0) is 55.8. The minimum Gasteiger partial charge on any atom is -0.480 e. The first-order valence-corrected chi connectivity index (χ1v) is 24.1. The Bertz CT molecular complexity index is 2280. The molecule has 1 aliphatic heterocycles. The van der Waals surface area contributed by atoms with E-state index in [1.807, 2.05) is 43.3 Å². The monoisotopic (exact) mass is 1040 g/mol. The molecule has 1 heterocycles. The number of carboxylic acid groups (broad SMARTS) is 2. The molecule has 408 valence electrons. The van der Waals surface area contributed by atoms with Crippen LogP contribution in [0.15, 0.2) is 76.4 Å². The summed E-state index contributed by atoms with van der Waals surface area (Å²) in [5.41, 5.74) is 23.2. The smallest absolute Gasteiger partial charge is 0.327 e. The Balaban J connectivity index is 2.74. The van der Waals surface area contributed by atoms with Crippen molar-refractivity contribution < 1.29 is 58.1 Å². The lowest BCUT2D eigenvalue weighted by molar-refractivity contribution is -0.146. The van der Waals surface area contributed by atoms with Gasteiger partial charge >= 0.3 is 11.9 Å². The quantitative estimate of drug-likeness (QED) is 0.0281. The molecule has 25 nitrogen and oxygen atoms in total. The fourth-order valence-electron chi connectivity index (χ4n) is 7.53. The van der Waals surface area contributed by atoms with E-state index in [0.29, 0.717) is 12.0 Å². The molecule has 0 saturated carbocycles. The van der Waals surface area contributed by atoms with Crippen LogP contribution < -0.4 is 54.8 Å². The molecule has 1 fully saturated rings. The van der Waals surface area contributed by atoms with E-state index in [9.17, 15) is 53.4 Å². The molecule has 10 atom stereocenters. The number of hydrogen-bond acceptors (Lipinski definition) is 12. The van der Waals surface area contributed by atoms with Crippen molar-refractivity contribution in [2.24, 2.45) is 50.7 Å². The van der Waals surface area contributed by atoms with E-state index in [-0.39, 0.29) is 62.7 Å². The van der Waals surface area contributed by atoms with Gasteiger partial charge in [-0.1, -0.05) is 81.5 Å². The van der Waals surface area contributed by atoms with Crippen molar-refractivity contribution in [1.82, 2.24) is 36.8 Å². The van der Waals surface area contributed by atoms with Gasteiger partial charge in [0.05, 0.1) is 24.0 Å². The van der Waals surface area contributed by atoms with Gasteiger partial charge in [-0.05, 0) is 57.9 Å². The average molecular weight is 1040 g/mol. The number of nitrogens with two attached hydrogens (primary N) is 4. The third-order valence-electron chi connectivity index (χ3n) is 12.2. The lowest BCUT2D eigenvalue weighted by Crippen LogP contribution is -2.59. The van der Waals surface area contributed by atoms with Crippen molar-refractivity contribution in [3.8, 4) is 0 Å². The topological polar surface area (TPSA) is 408 Å². The van der Waals surface area contributed by atoms with Crippen LogP contribution in [0.5, 0.6) is 0 Å². The van der Waals surface area contributed by atoms with Crippen LogP contribution in [0.2, 0.25) is 0 Å². The number of aliphatic carboxylic acids is 2. The van der Waals surface area contributed by atoms with Crippen molar-refractivity contribution in [3.05, 3.63) is 72.0 Å². The number of aliphatic imine (C=N–C) groups is 2. The Labute approximate surface area is 430 Å². The van der Waals surface area contributed by atoms with Gasteiger partial charge in [0.25, 0.3) is 5.91 Å². The summed E-state index contributed by atoms with van der Waals surface area (Å²) in [6.45, 7) is 11.2. The number of rotatable bonds is 17. The first-order valence-electron chi connectivity index (χ1n) is 24.1.